The van der Waals surface area contributed by atoms with Crippen molar-refractivity contribution < 1.29 is 14.3 Å². The number of benzene rings is 2. The van der Waals surface area contributed by atoms with Crippen molar-refractivity contribution in [1.82, 2.24) is 15.1 Å². The lowest BCUT2D eigenvalue weighted by Gasteiger charge is -2.45. The first-order chi connectivity index (χ1) is 16.0. The summed E-state index contributed by atoms with van der Waals surface area (Å²) in [6.07, 6.45) is 4.08. The highest BCUT2D eigenvalue weighted by Gasteiger charge is 2.51. The maximum Gasteiger partial charge on any atom is 0.317 e. The molecule has 0 unspecified atom stereocenters. The number of amides is 2. The van der Waals surface area contributed by atoms with E-state index < -0.39 is 0 Å². The molecular formula is C27H37N3O3. The summed E-state index contributed by atoms with van der Waals surface area (Å²) in [5, 5.41) is 3.29. The van der Waals surface area contributed by atoms with Crippen LogP contribution in [0.5, 0.6) is 11.5 Å². The molecule has 4 rings (SSSR count). The summed E-state index contributed by atoms with van der Waals surface area (Å²) in [6.45, 7) is 4.68. The first-order valence-electron chi connectivity index (χ1n) is 12.0. The van der Waals surface area contributed by atoms with Crippen LogP contribution in [0.1, 0.15) is 43.7 Å². The second kappa shape index (κ2) is 10.0. The first-order valence-corrected chi connectivity index (χ1v) is 12.0. The van der Waals surface area contributed by atoms with E-state index in [0.29, 0.717) is 12.6 Å². The van der Waals surface area contributed by atoms with Crippen molar-refractivity contribution in [2.75, 3.05) is 34.4 Å². The Morgan fingerprint density at radius 1 is 1.12 bits per heavy atom. The van der Waals surface area contributed by atoms with Gasteiger partial charge in [0.1, 0.15) is 0 Å². The van der Waals surface area contributed by atoms with E-state index in [0.717, 1.165) is 50.3 Å². The lowest BCUT2D eigenvalue weighted by molar-refractivity contribution is 0.127. The Kier molecular flexibility index (Phi) is 7.13. The van der Waals surface area contributed by atoms with Gasteiger partial charge in [0.15, 0.2) is 11.5 Å². The molecule has 6 nitrogen and oxygen atoms in total. The topological polar surface area (TPSA) is 54.0 Å². The number of hydrogen-bond donors (Lipinski definition) is 1. The third-order valence-corrected chi connectivity index (χ3v) is 7.71. The molecule has 33 heavy (non-hydrogen) atoms. The van der Waals surface area contributed by atoms with Crippen LogP contribution in [0.4, 0.5) is 4.79 Å². The quantitative estimate of drug-likeness (QED) is 0.677. The Morgan fingerprint density at radius 2 is 1.88 bits per heavy atom. The van der Waals surface area contributed by atoms with Gasteiger partial charge in [0.2, 0.25) is 0 Å². The fraction of sp³-hybridized carbons (Fsp3) is 0.519. The average Bonchev–Trinajstić information content (AvgIpc) is 3.22. The number of likely N-dealkylation sites (tertiary alicyclic amines) is 1. The summed E-state index contributed by atoms with van der Waals surface area (Å²) in [5.41, 5.74) is 2.69. The molecule has 1 N–H and O–H groups in total. The van der Waals surface area contributed by atoms with Gasteiger partial charge in [-0.3, -0.25) is 4.90 Å². The molecule has 1 heterocycles. The van der Waals surface area contributed by atoms with Crippen LogP contribution in [0.3, 0.4) is 0 Å². The van der Waals surface area contributed by atoms with Gasteiger partial charge in [-0.25, -0.2) is 4.79 Å². The number of hydrogen-bond acceptors (Lipinski definition) is 4. The van der Waals surface area contributed by atoms with Gasteiger partial charge in [-0.05, 0) is 62.4 Å². The fourth-order valence-electron chi connectivity index (χ4n) is 5.69. The third kappa shape index (κ3) is 4.67. The van der Waals surface area contributed by atoms with Gasteiger partial charge >= 0.3 is 6.03 Å². The highest BCUT2D eigenvalue weighted by atomic mass is 16.5. The number of fused-ring (bicyclic) bond motifs is 1. The van der Waals surface area contributed by atoms with Gasteiger partial charge in [0.05, 0.1) is 14.2 Å². The maximum atomic E-state index is 12.6. The number of carbonyl (C=O) groups is 1. The molecule has 3 atom stereocenters. The minimum Gasteiger partial charge on any atom is -0.493 e. The Hall–Kier alpha value is -2.73. The van der Waals surface area contributed by atoms with Crippen molar-refractivity contribution >= 4 is 6.03 Å². The summed E-state index contributed by atoms with van der Waals surface area (Å²) in [6, 6.07) is 17.7. The van der Waals surface area contributed by atoms with Crippen LogP contribution >= 0.6 is 0 Å². The zero-order valence-corrected chi connectivity index (χ0v) is 20.3. The molecule has 1 aliphatic heterocycles. The molecule has 178 valence electrons. The molecule has 0 bridgehead atoms. The van der Waals surface area contributed by atoms with Crippen LogP contribution in [0.2, 0.25) is 0 Å². The Balaban J connectivity index is 1.63. The highest BCUT2D eigenvalue weighted by molar-refractivity contribution is 5.74. The van der Waals surface area contributed by atoms with Crippen LogP contribution in [-0.4, -0.2) is 62.3 Å². The average molecular weight is 452 g/mol. The molecule has 1 saturated heterocycles. The Bertz CT molecular complexity index is 951. The molecule has 2 fully saturated rings. The van der Waals surface area contributed by atoms with E-state index in [9.17, 15) is 4.79 Å². The molecular weight excluding hydrogens is 414 g/mol. The Labute approximate surface area is 197 Å². The number of nitrogens with zero attached hydrogens (tertiary/aromatic N) is 2. The summed E-state index contributed by atoms with van der Waals surface area (Å²) >= 11 is 0. The number of urea groups is 1. The second-order valence-electron chi connectivity index (χ2n) is 9.38. The van der Waals surface area contributed by atoms with Gasteiger partial charge in [0.25, 0.3) is 0 Å². The van der Waals surface area contributed by atoms with Gasteiger partial charge in [-0.1, -0.05) is 36.4 Å². The standard InChI is InChI=1S/C27H37N3O3/c1-5-29(2)26(31)28-22-13-14-27(21-11-12-23(32-3)24(17-21)33-4)15-16-30(25(27)18-22)19-20-9-7-6-8-10-20/h6-12,17,22,25H,5,13-16,18-19H2,1-4H3,(H,28,31)/t22-,25+,27+/m1/s1. The fourth-order valence-corrected chi connectivity index (χ4v) is 5.69. The Morgan fingerprint density at radius 3 is 2.58 bits per heavy atom. The van der Waals surface area contributed by atoms with E-state index >= 15 is 0 Å². The molecule has 2 amide bonds. The van der Waals surface area contributed by atoms with E-state index in [2.05, 4.69) is 52.7 Å². The molecule has 0 aromatic heterocycles. The summed E-state index contributed by atoms with van der Waals surface area (Å²) in [5.74, 6) is 1.54. The number of nitrogens with one attached hydrogen (secondary N) is 1. The predicted octanol–water partition coefficient (Wildman–Crippen LogP) is 4.43. The number of rotatable bonds is 7. The predicted molar refractivity (Wildman–Crippen MR) is 131 cm³/mol. The van der Waals surface area contributed by atoms with Crippen molar-refractivity contribution in [3.05, 3.63) is 59.7 Å². The van der Waals surface area contributed by atoms with Gasteiger partial charge in [-0.2, -0.15) is 0 Å². The zero-order valence-electron chi connectivity index (χ0n) is 20.3. The highest BCUT2D eigenvalue weighted by Crippen LogP contribution is 2.50. The van der Waals surface area contributed by atoms with Crippen molar-refractivity contribution in [3.8, 4) is 11.5 Å². The summed E-state index contributed by atoms with van der Waals surface area (Å²) in [4.78, 5) is 16.9. The molecule has 0 radical (unpaired) electrons. The number of ether oxygens (including phenoxy) is 2. The van der Waals surface area contributed by atoms with E-state index in [1.807, 2.05) is 20.0 Å². The monoisotopic (exact) mass is 451 g/mol. The van der Waals surface area contributed by atoms with Crippen LogP contribution < -0.4 is 14.8 Å². The van der Waals surface area contributed by atoms with Crippen molar-refractivity contribution in [2.45, 2.75) is 56.7 Å². The first kappa shape index (κ1) is 23.4. The van der Waals surface area contributed by atoms with Crippen LogP contribution in [0.25, 0.3) is 0 Å². The van der Waals surface area contributed by atoms with Crippen LogP contribution in [0, 0.1) is 0 Å². The lowest BCUT2D eigenvalue weighted by Crippen LogP contribution is -2.53. The number of methoxy groups -OCH3 is 2. The molecule has 2 aromatic rings. The van der Waals surface area contributed by atoms with Crippen molar-refractivity contribution in [3.63, 3.8) is 0 Å². The third-order valence-electron chi connectivity index (χ3n) is 7.71. The largest absolute Gasteiger partial charge is 0.493 e. The summed E-state index contributed by atoms with van der Waals surface area (Å²) < 4.78 is 11.1. The summed E-state index contributed by atoms with van der Waals surface area (Å²) in [7, 11) is 5.23. The lowest BCUT2D eigenvalue weighted by atomic mass is 9.65. The van der Waals surface area contributed by atoms with Gasteiger partial charge < -0.3 is 19.7 Å². The van der Waals surface area contributed by atoms with Crippen molar-refractivity contribution in [2.24, 2.45) is 0 Å². The number of carbonyl (C=O) groups excluding carboxylic acids is 1. The van der Waals surface area contributed by atoms with Crippen LogP contribution in [-0.2, 0) is 12.0 Å². The normalized spacial score (nSPS) is 24.7. The minimum absolute atomic E-state index is 0.0220. The molecule has 2 aromatic carbocycles. The van der Waals surface area contributed by atoms with E-state index in [1.165, 1.54) is 11.1 Å². The van der Waals surface area contributed by atoms with Crippen molar-refractivity contribution in [1.29, 1.82) is 0 Å². The van der Waals surface area contributed by atoms with E-state index in [4.69, 9.17) is 9.47 Å². The molecule has 1 aliphatic carbocycles. The SMILES string of the molecule is CCN(C)C(=O)N[C@@H]1CC[C@@]2(c3ccc(OC)c(OC)c3)CCN(Cc3ccccc3)[C@H]2C1. The van der Waals surface area contributed by atoms with E-state index in [1.54, 1.807) is 19.1 Å². The van der Waals surface area contributed by atoms with Gasteiger partial charge in [-0.15, -0.1) is 0 Å². The smallest absolute Gasteiger partial charge is 0.317 e. The molecule has 1 saturated carbocycles. The van der Waals surface area contributed by atoms with Crippen LogP contribution in [0.15, 0.2) is 48.5 Å². The second-order valence-corrected chi connectivity index (χ2v) is 9.38. The van der Waals surface area contributed by atoms with Gasteiger partial charge in [0, 0.05) is 37.6 Å². The molecule has 2 aliphatic rings. The maximum absolute atomic E-state index is 12.6. The zero-order chi connectivity index (χ0) is 23.4. The van der Waals surface area contributed by atoms with E-state index in [-0.39, 0.29) is 17.5 Å². The minimum atomic E-state index is 0.0220. The molecule has 0 spiro atoms. The molecule has 6 heteroatoms.